The first-order chi connectivity index (χ1) is 8.47. The molecule has 0 heterocycles. The standard InChI is InChI=1S/C15H30N2O/c1-15(2,3)17-14(18)11-12-16-13-9-7-5-4-6-8-10-13/h13,16H,4-12H2,1-3H3,(H,17,18). The summed E-state index contributed by atoms with van der Waals surface area (Å²) in [6.07, 6.45) is 9.99. The van der Waals surface area contributed by atoms with Crippen LogP contribution in [-0.2, 0) is 4.79 Å². The van der Waals surface area contributed by atoms with Gasteiger partial charge >= 0.3 is 0 Å². The van der Waals surface area contributed by atoms with Crippen molar-refractivity contribution in [3.8, 4) is 0 Å². The first-order valence-electron chi connectivity index (χ1n) is 7.52. The van der Waals surface area contributed by atoms with Gasteiger partial charge in [-0.05, 0) is 33.6 Å². The number of carbonyl (C=O) groups is 1. The predicted molar refractivity (Wildman–Crippen MR) is 76.6 cm³/mol. The highest BCUT2D eigenvalue weighted by Crippen LogP contribution is 2.16. The summed E-state index contributed by atoms with van der Waals surface area (Å²) in [4.78, 5) is 11.7. The summed E-state index contributed by atoms with van der Waals surface area (Å²) in [5.74, 6) is 0.154. The largest absolute Gasteiger partial charge is 0.351 e. The molecule has 0 radical (unpaired) electrons. The zero-order chi connectivity index (χ0) is 13.4. The lowest BCUT2D eigenvalue weighted by molar-refractivity contribution is -0.122. The average Bonchev–Trinajstić information content (AvgIpc) is 2.18. The van der Waals surface area contributed by atoms with E-state index in [4.69, 9.17) is 0 Å². The van der Waals surface area contributed by atoms with Crippen molar-refractivity contribution in [2.75, 3.05) is 6.54 Å². The predicted octanol–water partition coefficient (Wildman–Crippen LogP) is 2.99. The summed E-state index contributed by atoms with van der Waals surface area (Å²) in [7, 11) is 0. The van der Waals surface area contributed by atoms with Crippen LogP contribution in [0.4, 0.5) is 0 Å². The molecule has 3 nitrogen and oxygen atoms in total. The van der Waals surface area contributed by atoms with Gasteiger partial charge in [0.25, 0.3) is 0 Å². The lowest BCUT2D eigenvalue weighted by atomic mass is 9.97. The first kappa shape index (κ1) is 15.5. The zero-order valence-electron chi connectivity index (χ0n) is 12.3. The van der Waals surface area contributed by atoms with E-state index in [1.807, 2.05) is 20.8 Å². The minimum absolute atomic E-state index is 0.114. The van der Waals surface area contributed by atoms with Crippen molar-refractivity contribution >= 4 is 5.91 Å². The second kappa shape index (κ2) is 7.78. The third-order valence-corrected chi connectivity index (χ3v) is 3.40. The van der Waals surface area contributed by atoms with Crippen LogP contribution in [0.25, 0.3) is 0 Å². The summed E-state index contributed by atoms with van der Waals surface area (Å²) in [6.45, 7) is 6.87. The Morgan fingerprint density at radius 3 is 2.17 bits per heavy atom. The monoisotopic (exact) mass is 254 g/mol. The van der Waals surface area contributed by atoms with E-state index in [0.717, 1.165) is 6.54 Å². The van der Waals surface area contributed by atoms with Gasteiger partial charge in [0.15, 0.2) is 0 Å². The fourth-order valence-electron chi connectivity index (χ4n) is 2.53. The van der Waals surface area contributed by atoms with E-state index in [2.05, 4.69) is 10.6 Å². The van der Waals surface area contributed by atoms with Gasteiger partial charge in [-0.1, -0.05) is 32.1 Å². The van der Waals surface area contributed by atoms with Crippen LogP contribution in [0, 0.1) is 0 Å². The fourth-order valence-corrected chi connectivity index (χ4v) is 2.53. The van der Waals surface area contributed by atoms with E-state index in [0.29, 0.717) is 12.5 Å². The minimum atomic E-state index is -0.114. The maximum atomic E-state index is 11.7. The molecule has 18 heavy (non-hydrogen) atoms. The van der Waals surface area contributed by atoms with Crippen LogP contribution >= 0.6 is 0 Å². The van der Waals surface area contributed by atoms with Crippen molar-refractivity contribution in [2.24, 2.45) is 0 Å². The van der Waals surface area contributed by atoms with Crippen molar-refractivity contribution in [1.82, 2.24) is 10.6 Å². The number of carbonyl (C=O) groups excluding carboxylic acids is 1. The van der Waals surface area contributed by atoms with E-state index in [1.165, 1.54) is 44.9 Å². The maximum absolute atomic E-state index is 11.7. The van der Waals surface area contributed by atoms with Gasteiger partial charge in [0, 0.05) is 24.5 Å². The molecule has 0 aromatic rings. The number of amides is 1. The van der Waals surface area contributed by atoms with Crippen LogP contribution in [0.5, 0.6) is 0 Å². The van der Waals surface area contributed by atoms with Gasteiger partial charge in [0.2, 0.25) is 5.91 Å². The fraction of sp³-hybridized carbons (Fsp3) is 0.933. The topological polar surface area (TPSA) is 41.1 Å². The van der Waals surface area contributed by atoms with Gasteiger partial charge in [-0.15, -0.1) is 0 Å². The molecule has 0 aromatic carbocycles. The van der Waals surface area contributed by atoms with Crippen molar-refractivity contribution in [1.29, 1.82) is 0 Å². The molecule has 3 heteroatoms. The summed E-state index contributed by atoms with van der Waals surface area (Å²) in [5, 5.41) is 6.55. The van der Waals surface area contributed by atoms with Gasteiger partial charge in [0.05, 0.1) is 0 Å². The van der Waals surface area contributed by atoms with E-state index in [1.54, 1.807) is 0 Å². The second-order valence-corrected chi connectivity index (χ2v) is 6.54. The lowest BCUT2D eigenvalue weighted by Gasteiger charge is -2.23. The summed E-state index contributed by atoms with van der Waals surface area (Å²) in [6, 6.07) is 0.632. The maximum Gasteiger partial charge on any atom is 0.221 e. The molecule has 0 aromatic heterocycles. The quantitative estimate of drug-likeness (QED) is 0.810. The zero-order valence-corrected chi connectivity index (χ0v) is 12.3. The molecule has 0 spiro atoms. The van der Waals surface area contributed by atoms with Gasteiger partial charge < -0.3 is 10.6 Å². The van der Waals surface area contributed by atoms with Crippen LogP contribution in [0.1, 0.15) is 72.1 Å². The molecule has 1 aliphatic carbocycles. The molecule has 106 valence electrons. The van der Waals surface area contributed by atoms with Crippen LogP contribution in [0.2, 0.25) is 0 Å². The van der Waals surface area contributed by atoms with Crippen molar-refractivity contribution in [2.45, 2.75) is 83.7 Å². The van der Waals surface area contributed by atoms with Gasteiger partial charge in [0.1, 0.15) is 0 Å². The highest BCUT2D eigenvalue weighted by atomic mass is 16.1. The Bertz CT molecular complexity index is 237. The Labute approximate surface area is 112 Å². The van der Waals surface area contributed by atoms with Crippen LogP contribution in [0.3, 0.4) is 0 Å². The van der Waals surface area contributed by atoms with E-state index in [-0.39, 0.29) is 11.4 Å². The van der Waals surface area contributed by atoms with Crippen LogP contribution < -0.4 is 10.6 Å². The van der Waals surface area contributed by atoms with Crippen molar-refractivity contribution in [3.63, 3.8) is 0 Å². The highest BCUT2D eigenvalue weighted by molar-refractivity contribution is 5.76. The molecule has 1 amide bonds. The number of hydrogen-bond acceptors (Lipinski definition) is 2. The van der Waals surface area contributed by atoms with Crippen LogP contribution in [0.15, 0.2) is 0 Å². The molecular formula is C15H30N2O. The molecule has 1 saturated carbocycles. The van der Waals surface area contributed by atoms with Crippen molar-refractivity contribution < 1.29 is 4.79 Å². The smallest absolute Gasteiger partial charge is 0.221 e. The number of rotatable bonds is 4. The molecule has 0 unspecified atom stereocenters. The molecule has 1 rings (SSSR count). The molecule has 2 N–H and O–H groups in total. The summed E-state index contributed by atoms with van der Waals surface area (Å²) in [5.41, 5.74) is -0.114. The summed E-state index contributed by atoms with van der Waals surface area (Å²) >= 11 is 0. The Morgan fingerprint density at radius 1 is 1.06 bits per heavy atom. The molecule has 0 bridgehead atoms. The summed E-state index contributed by atoms with van der Waals surface area (Å²) < 4.78 is 0. The first-order valence-corrected chi connectivity index (χ1v) is 7.52. The molecule has 0 atom stereocenters. The average molecular weight is 254 g/mol. The van der Waals surface area contributed by atoms with E-state index < -0.39 is 0 Å². The number of hydrogen-bond donors (Lipinski definition) is 2. The van der Waals surface area contributed by atoms with Gasteiger partial charge in [-0.25, -0.2) is 0 Å². The Morgan fingerprint density at radius 2 is 1.61 bits per heavy atom. The molecular weight excluding hydrogens is 224 g/mol. The molecule has 0 saturated heterocycles. The normalized spacial score (nSPS) is 19.1. The van der Waals surface area contributed by atoms with E-state index in [9.17, 15) is 4.79 Å². The third kappa shape index (κ3) is 7.70. The minimum Gasteiger partial charge on any atom is -0.351 e. The third-order valence-electron chi connectivity index (χ3n) is 3.40. The second-order valence-electron chi connectivity index (χ2n) is 6.54. The molecule has 0 aliphatic heterocycles. The van der Waals surface area contributed by atoms with Crippen LogP contribution in [-0.4, -0.2) is 24.0 Å². The Balaban J connectivity index is 2.13. The molecule has 1 aliphatic rings. The van der Waals surface area contributed by atoms with E-state index >= 15 is 0 Å². The highest BCUT2D eigenvalue weighted by Gasteiger charge is 2.14. The number of nitrogens with one attached hydrogen (secondary N) is 2. The lowest BCUT2D eigenvalue weighted by Crippen LogP contribution is -2.42. The van der Waals surface area contributed by atoms with Crippen molar-refractivity contribution in [3.05, 3.63) is 0 Å². The SMILES string of the molecule is CC(C)(C)NC(=O)CCNC1CCCCCCC1. The Hall–Kier alpha value is -0.570. The molecule has 1 fully saturated rings. The Kier molecular flexibility index (Phi) is 6.69. The van der Waals surface area contributed by atoms with Gasteiger partial charge in [-0.2, -0.15) is 0 Å². The van der Waals surface area contributed by atoms with Gasteiger partial charge in [-0.3, -0.25) is 4.79 Å².